The van der Waals surface area contributed by atoms with E-state index in [1.54, 1.807) is 7.11 Å². The molecule has 3 aliphatic heterocycles. The Hall–Kier alpha value is -2.78. The fourth-order valence-electron chi connectivity index (χ4n) is 4.36. The van der Waals surface area contributed by atoms with Gasteiger partial charge in [0.05, 0.1) is 44.1 Å². The normalized spacial score (nSPS) is 22.0. The van der Waals surface area contributed by atoms with Crippen molar-refractivity contribution in [1.82, 2.24) is 10.2 Å². The number of thioether (sulfide) groups is 1. The minimum atomic E-state index is -0.511. The first-order valence-electron chi connectivity index (χ1n) is 11.1. The number of hydrogen-bond donors (Lipinski definition) is 1. The Morgan fingerprint density at radius 3 is 2.82 bits per heavy atom. The third-order valence-corrected chi connectivity index (χ3v) is 6.84. The molecule has 1 saturated heterocycles. The number of nitrogens with one attached hydrogen (secondary N) is 1. The Bertz CT molecular complexity index is 1010. The molecule has 0 radical (unpaired) electrons. The van der Waals surface area contributed by atoms with Crippen LogP contribution in [0.3, 0.4) is 0 Å². The van der Waals surface area contributed by atoms with Crippen molar-refractivity contribution in [2.45, 2.75) is 44.8 Å². The standard InChI is InChI=1S/C24H29N3O5S/c1-4-18-21(23(29)31-3)22(17-9-5-6-10-19(17)30-2)27-15(14-33-24(27)26-18)12-20(28)25-13-16-8-7-11-32-16/h5-6,9-10,14,16,22H,4,7-8,11-13H2,1-3H3,(H,25,28)/t16-,22-/m1/s1. The molecular formula is C24H29N3O5S. The maximum Gasteiger partial charge on any atom is 0.338 e. The highest BCUT2D eigenvalue weighted by Gasteiger charge is 2.42. The van der Waals surface area contributed by atoms with Gasteiger partial charge in [0.15, 0.2) is 5.17 Å². The Morgan fingerprint density at radius 1 is 1.30 bits per heavy atom. The van der Waals surface area contributed by atoms with Gasteiger partial charge in [-0.1, -0.05) is 36.9 Å². The third kappa shape index (κ3) is 4.79. The molecular weight excluding hydrogens is 442 g/mol. The number of esters is 1. The zero-order valence-electron chi connectivity index (χ0n) is 19.1. The molecule has 1 aromatic carbocycles. The van der Waals surface area contributed by atoms with E-state index in [4.69, 9.17) is 19.2 Å². The predicted octanol–water partition coefficient (Wildman–Crippen LogP) is 3.52. The molecule has 3 heterocycles. The first kappa shape index (κ1) is 23.4. The lowest BCUT2D eigenvalue weighted by Gasteiger charge is -2.37. The molecule has 2 atom stereocenters. The van der Waals surface area contributed by atoms with E-state index in [-0.39, 0.29) is 18.4 Å². The molecule has 9 heteroatoms. The summed E-state index contributed by atoms with van der Waals surface area (Å²) in [5.41, 5.74) is 2.72. The van der Waals surface area contributed by atoms with Gasteiger partial charge in [0.25, 0.3) is 0 Å². The van der Waals surface area contributed by atoms with E-state index in [1.165, 1.54) is 18.9 Å². The minimum Gasteiger partial charge on any atom is -0.496 e. The number of nitrogens with zero attached hydrogens (tertiary/aromatic N) is 2. The van der Waals surface area contributed by atoms with Crippen molar-refractivity contribution in [1.29, 1.82) is 0 Å². The molecule has 1 N–H and O–H groups in total. The van der Waals surface area contributed by atoms with Crippen molar-refractivity contribution in [3.05, 3.63) is 52.2 Å². The van der Waals surface area contributed by atoms with Crippen LogP contribution in [0, 0.1) is 0 Å². The SMILES string of the molecule is CCC1=C(C(=O)OC)[C@@H](c2ccccc2OC)N2C(CC(=O)NC[C@H]3CCCO3)=CSC2=N1. The summed E-state index contributed by atoms with van der Waals surface area (Å²) in [6, 6.07) is 7.08. The number of ether oxygens (including phenoxy) is 3. The summed E-state index contributed by atoms with van der Waals surface area (Å²) < 4.78 is 16.4. The second kappa shape index (κ2) is 10.4. The molecule has 1 amide bonds. The number of amidine groups is 1. The number of rotatable bonds is 8. The number of amides is 1. The average Bonchev–Trinajstić information content (AvgIpc) is 3.51. The van der Waals surface area contributed by atoms with Crippen molar-refractivity contribution < 1.29 is 23.8 Å². The number of carbonyl (C=O) groups is 2. The monoisotopic (exact) mass is 471 g/mol. The van der Waals surface area contributed by atoms with Crippen LogP contribution in [-0.2, 0) is 19.1 Å². The summed E-state index contributed by atoms with van der Waals surface area (Å²) in [5.74, 6) is 0.117. The van der Waals surface area contributed by atoms with Crippen LogP contribution in [0.2, 0.25) is 0 Å². The fraction of sp³-hybridized carbons (Fsp3) is 0.458. The number of fused-ring (bicyclic) bond motifs is 1. The van der Waals surface area contributed by atoms with Gasteiger partial charge < -0.3 is 24.4 Å². The van der Waals surface area contributed by atoms with Gasteiger partial charge in [0, 0.05) is 24.4 Å². The van der Waals surface area contributed by atoms with Crippen LogP contribution in [0.25, 0.3) is 0 Å². The molecule has 0 aliphatic carbocycles. The van der Waals surface area contributed by atoms with E-state index in [0.29, 0.717) is 30.0 Å². The number of hydrogen-bond acceptors (Lipinski definition) is 8. The summed E-state index contributed by atoms with van der Waals surface area (Å²) in [6.45, 7) is 3.21. The van der Waals surface area contributed by atoms with E-state index in [1.807, 2.05) is 41.5 Å². The number of methoxy groups -OCH3 is 2. The summed E-state index contributed by atoms with van der Waals surface area (Å²) in [5, 5.41) is 5.64. The summed E-state index contributed by atoms with van der Waals surface area (Å²) in [7, 11) is 2.97. The second-order valence-corrected chi connectivity index (χ2v) is 8.79. The van der Waals surface area contributed by atoms with E-state index < -0.39 is 12.0 Å². The molecule has 4 rings (SSSR count). The van der Waals surface area contributed by atoms with Crippen LogP contribution in [0.4, 0.5) is 0 Å². The summed E-state index contributed by atoms with van der Waals surface area (Å²) >= 11 is 1.45. The van der Waals surface area contributed by atoms with Gasteiger partial charge in [-0.3, -0.25) is 4.79 Å². The number of aliphatic imine (C=N–C) groups is 1. The molecule has 1 aromatic rings. The second-order valence-electron chi connectivity index (χ2n) is 7.96. The van der Waals surface area contributed by atoms with Crippen molar-refractivity contribution in [3.63, 3.8) is 0 Å². The van der Waals surface area contributed by atoms with Crippen molar-refractivity contribution >= 4 is 28.8 Å². The van der Waals surface area contributed by atoms with Crippen molar-refractivity contribution in [2.75, 3.05) is 27.4 Å². The van der Waals surface area contributed by atoms with E-state index in [2.05, 4.69) is 5.32 Å². The van der Waals surface area contributed by atoms with Gasteiger partial charge in [-0.2, -0.15) is 0 Å². The largest absolute Gasteiger partial charge is 0.496 e. The van der Waals surface area contributed by atoms with Crippen LogP contribution >= 0.6 is 11.8 Å². The Kier molecular flexibility index (Phi) is 7.39. The lowest BCUT2D eigenvalue weighted by atomic mass is 9.92. The maximum absolute atomic E-state index is 13.0. The number of allylic oxidation sites excluding steroid dienone is 1. The van der Waals surface area contributed by atoms with Gasteiger partial charge in [-0.05, 0) is 30.7 Å². The first-order chi connectivity index (χ1) is 16.1. The zero-order chi connectivity index (χ0) is 23.4. The summed E-state index contributed by atoms with van der Waals surface area (Å²) in [6.07, 6.45) is 2.81. The van der Waals surface area contributed by atoms with Gasteiger partial charge in [0.1, 0.15) is 5.75 Å². The Labute approximate surface area is 198 Å². The van der Waals surface area contributed by atoms with E-state index >= 15 is 0 Å². The van der Waals surface area contributed by atoms with Crippen molar-refractivity contribution in [2.24, 2.45) is 4.99 Å². The first-order valence-corrected chi connectivity index (χ1v) is 12.0. The minimum absolute atomic E-state index is 0.0790. The van der Waals surface area contributed by atoms with E-state index in [0.717, 1.165) is 35.9 Å². The number of benzene rings is 1. The number of carbonyl (C=O) groups excluding carboxylic acids is 2. The highest BCUT2D eigenvalue weighted by molar-refractivity contribution is 8.16. The van der Waals surface area contributed by atoms with Crippen LogP contribution in [0.1, 0.15) is 44.2 Å². The average molecular weight is 472 g/mol. The molecule has 0 spiro atoms. The van der Waals surface area contributed by atoms with Gasteiger partial charge in [-0.25, -0.2) is 9.79 Å². The van der Waals surface area contributed by atoms with Crippen molar-refractivity contribution in [3.8, 4) is 5.75 Å². The van der Waals surface area contributed by atoms with Crippen LogP contribution < -0.4 is 10.1 Å². The Balaban J connectivity index is 1.66. The van der Waals surface area contributed by atoms with Gasteiger partial charge in [-0.15, -0.1) is 0 Å². The lowest BCUT2D eigenvalue weighted by molar-refractivity contribution is -0.136. The molecule has 1 fully saturated rings. The molecule has 3 aliphatic rings. The molecule has 0 unspecified atom stereocenters. The molecule has 0 saturated carbocycles. The highest BCUT2D eigenvalue weighted by Crippen LogP contribution is 2.47. The van der Waals surface area contributed by atoms with Gasteiger partial charge in [0.2, 0.25) is 5.91 Å². The fourth-order valence-corrected chi connectivity index (χ4v) is 5.30. The topological polar surface area (TPSA) is 89.5 Å². The van der Waals surface area contributed by atoms with Crippen LogP contribution in [0.5, 0.6) is 5.75 Å². The Morgan fingerprint density at radius 2 is 2.12 bits per heavy atom. The number of para-hydroxylation sites is 1. The molecule has 8 nitrogen and oxygen atoms in total. The predicted molar refractivity (Wildman–Crippen MR) is 127 cm³/mol. The van der Waals surface area contributed by atoms with Gasteiger partial charge >= 0.3 is 5.97 Å². The summed E-state index contributed by atoms with van der Waals surface area (Å²) in [4.78, 5) is 32.4. The van der Waals surface area contributed by atoms with E-state index in [9.17, 15) is 9.59 Å². The zero-order valence-corrected chi connectivity index (χ0v) is 19.9. The highest BCUT2D eigenvalue weighted by atomic mass is 32.2. The molecule has 33 heavy (non-hydrogen) atoms. The lowest BCUT2D eigenvalue weighted by Crippen LogP contribution is -2.39. The molecule has 0 aromatic heterocycles. The van der Waals surface area contributed by atoms with Crippen LogP contribution in [-0.4, -0.2) is 55.4 Å². The molecule has 176 valence electrons. The maximum atomic E-state index is 13.0. The smallest absolute Gasteiger partial charge is 0.338 e. The molecule has 0 bridgehead atoms. The third-order valence-electron chi connectivity index (χ3n) is 5.96. The quantitative estimate of drug-likeness (QED) is 0.580. The van der Waals surface area contributed by atoms with Crippen LogP contribution in [0.15, 0.2) is 51.6 Å².